The van der Waals surface area contributed by atoms with E-state index < -0.39 is 11.6 Å². The Labute approximate surface area is 174 Å². The third kappa shape index (κ3) is 2.83. The summed E-state index contributed by atoms with van der Waals surface area (Å²) in [5, 5.41) is 4.40. The van der Waals surface area contributed by atoms with E-state index in [2.05, 4.69) is 5.32 Å². The quantitative estimate of drug-likeness (QED) is 0.592. The normalized spacial score (nSPS) is 25.4. The largest absolute Gasteiger partial charge is 0.466 e. The molecule has 1 saturated heterocycles. The molecule has 1 fully saturated rings. The van der Waals surface area contributed by atoms with Gasteiger partial charge in [0, 0.05) is 16.3 Å². The van der Waals surface area contributed by atoms with E-state index in [1.165, 1.54) is 0 Å². The van der Waals surface area contributed by atoms with Crippen molar-refractivity contribution < 1.29 is 14.3 Å². The molecule has 5 nitrogen and oxygen atoms in total. The zero-order valence-electron chi connectivity index (χ0n) is 15.9. The first-order valence-corrected chi connectivity index (χ1v) is 9.97. The molecule has 2 aliphatic rings. The van der Waals surface area contributed by atoms with Crippen molar-refractivity contribution in [3.63, 3.8) is 0 Å². The maximum absolute atomic E-state index is 13.0. The van der Waals surface area contributed by atoms with E-state index in [4.69, 9.17) is 33.3 Å². The highest BCUT2D eigenvalue weighted by molar-refractivity contribution is 7.80. The number of carbonyl (C=O) groups is 1. The number of benzene rings is 2. The molecule has 0 amide bonds. The summed E-state index contributed by atoms with van der Waals surface area (Å²) >= 11 is 11.9. The summed E-state index contributed by atoms with van der Waals surface area (Å²) in [4.78, 5) is 14.9. The molecule has 28 heavy (non-hydrogen) atoms. The first-order chi connectivity index (χ1) is 13.4. The minimum absolute atomic E-state index is 0.287. The van der Waals surface area contributed by atoms with Crippen LogP contribution < -0.4 is 15.0 Å². The molecular formula is C21H21ClN2O3S. The summed E-state index contributed by atoms with van der Waals surface area (Å²) in [6.07, 6.45) is 0. The number of anilines is 1. The highest BCUT2D eigenvalue weighted by atomic mass is 35.5. The first-order valence-electron chi connectivity index (χ1n) is 9.18. The third-order valence-electron chi connectivity index (χ3n) is 5.36. The van der Waals surface area contributed by atoms with Crippen LogP contribution in [0.2, 0.25) is 5.02 Å². The SMILES string of the molecule is CCOC(=O)[C@@H]1[C@H]2NC(=S)N(c3ccccc3C)[C@@]1(C)Oc1ccc(Cl)cc12. The van der Waals surface area contributed by atoms with Gasteiger partial charge in [-0.15, -0.1) is 0 Å². The van der Waals surface area contributed by atoms with Gasteiger partial charge in [0.05, 0.1) is 12.6 Å². The Morgan fingerprint density at radius 2 is 2.11 bits per heavy atom. The smallest absolute Gasteiger partial charge is 0.317 e. The summed E-state index contributed by atoms with van der Waals surface area (Å²) in [6, 6.07) is 12.9. The van der Waals surface area contributed by atoms with Gasteiger partial charge in [-0.05, 0) is 62.8 Å². The molecular weight excluding hydrogens is 396 g/mol. The Bertz CT molecular complexity index is 966. The topological polar surface area (TPSA) is 50.8 Å². The zero-order valence-corrected chi connectivity index (χ0v) is 17.4. The van der Waals surface area contributed by atoms with Gasteiger partial charge >= 0.3 is 5.97 Å². The fourth-order valence-corrected chi connectivity index (χ4v) is 4.71. The Hall–Kier alpha value is -2.31. The molecule has 0 unspecified atom stereocenters. The van der Waals surface area contributed by atoms with Gasteiger partial charge in [-0.1, -0.05) is 29.8 Å². The number of hydrogen-bond donors (Lipinski definition) is 1. The summed E-state index contributed by atoms with van der Waals surface area (Å²) in [5.41, 5.74) is 1.66. The first kappa shape index (κ1) is 19.0. The number of halogens is 1. The molecule has 146 valence electrons. The molecule has 7 heteroatoms. The molecule has 1 N–H and O–H groups in total. The molecule has 0 aliphatic carbocycles. The van der Waals surface area contributed by atoms with Crippen LogP contribution in [0, 0.1) is 12.8 Å². The van der Waals surface area contributed by atoms with E-state index in [1.54, 1.807) is 13.0 Å². The molecule has 3 atom stereocenters. The van der Waals surface area contributed by atoms with E-state index >= 15 is 0 Å². The molecule has 2 aliphatic heterocycles. The summed E-state index contributed by atoms with van der Waals surface area (Å²) in [5.74, 6) is -0.301. The molecule has 0 spiro atoms. The maximum Gasteiger partial charge on any atom is 0.317 e. The van der Waals surface area contributed by atoms with Crippen LogP contribution in [0.3, 0.4) is 0 Å². The predicted molar refractivity (Wildman–Crippen MR) is 113 cm³/mol. The Balaban J connectivity index is 1.92. The van der Waals surface area contributed by atoms with E-state index in [9.17, 15) is 4.79 Å². The number of nitrogens with zero attached hydrogens (tertiary/aromatic N) is 1. The van der Waals surface area contributed by atoms with Gasteiger partial charge in [0.2, 0.25) is 5.72 Å². The Morgan fingerprint density at radius 1 is 1.36 bits per heavy atom. The van der Waals surface area contributed by atoms with Crippen LogP contribution in [0.5, 0.6) is 5.75 Å². The molecule has 2 heterocycles. The van der Waals surface area contributed by atoms with Crippen LogP contribution in [-0.2, 0) is 9.53 Å². The monoisotopic (exact) mass is 416 g/mol. The van der Waals surface area contributed by atoms with E-state index in [0.717, 1.165) is 16.8 Å². The zero-order chi connectivity index (χ0) is 20.1. The van der Waals surface area contributed by atoms with Crippen molar-refractivity contribution in [1.82, 2.24) is 5.32 Å². The standard InChI is InChI=1S/C21H21ClN2O3S/c1-4-26-19(25)17-18-14-11-13(22)9-10-16(14)27-21(17,3)24(20(28)23-18)15-8-6-5-7-12(15)2/h5-11,17-18H,4H2,1-3H3,(H,23,28)/t17-,18-,21-/m0/s1. The number of hydrogen-bond acceptors (Lipinski definition) is 4. The van der Waals surface area contributed by atoms with Gasteiger partial charge in [0.25, 0.3) is 0 Å². The van der Waals surface area contributed by atoms with Crippen molar-refractivity contribution in [1.29, 1.82) is 0 Å². The molecule has 0 saturated carbocycles. The molecule has 0 aromatic heterocycles. The third-order valence-corrected chi connectivity index (χ3v) is 5.89. The summed E-state index contributed by atoms with van der Waals surface area (Å²) < 4.78 is 11.9. The van der Waals surface area contributed by atoms with Gasteiger partial charge < -0.3 is 14.8 Å². The van der Waals surface area contributed by atoms with Crippen molar-refractivity contribution in [2.45, 2.75) is 32.5 Å². The number of nitrogens with one attached hydrogen (secondary N) is 1. The van der Waals surface area contributed by atoms with Crippen molar-refractivity contribution in [2.24, 2.45) is 5.92 Å². The van der Waals surface area contributed by atoms with Crippen LogP contribution >= 0.6 is 23.8 Å². The highest BCUT2D eigenvalue weighted by Gasteiger charge is 2.60. The minimum Gasteiger partial charge on any atom is -0.466 e. The van der Waals surface area contributed by atoms with Crippen molar-refractivity contribution in [3.05, 3.63) is 58.6 Å². The van der Waals surface area contributed by atoms with E-state index in [1.807, 2.05) is 55.1 Å². The van der Waals surface area contributed by atoms with E-state index in [0.29, 0.717) is 15.9 Å². The van der Waals surface area contributed by atoms with Gasteiger partial charge in [-0.3, -0.25) is 9.69 Å². The summed E-state index contributed by atoms with van der Waals surface area (Å²) in [6.45, 7) is 5.97. The molecule has 2 aromatic carbocycles. The second kappa shape index (κ2) is 6.94. The number of thiocarbonyl (C=S) groups is 1. The van der Waals surface area contributed by atoms with Crippen LogP contribution in [0.1, 0.15) is 31.0 Å². The second-order valence-corrected chi connectivity index (χ2v) is 7.94. The molecule has 4 rings (SSSR count). The van der Waals surface area contributed by atoms with Crippen molar-refractivity contribution >= 4 is 40.6 Å². The van der Waals surface area contributed by atoms with Gasteiger partial charge in [-0.25, -0.2) is 0 Å². The average molecular weight is 417 g/mol. The van der Waals surface area contributed by atoms with Gasteiger partial charge in [0.1, 0.15) is 11.7 Å². The lowest BCUT2D eigenvalue weighted by molar-refractivity contribution is -0.159. The van der Waals surface area contributed by atoms with Crippen molar-refractivity contribution in [2.75, 3.05) is 11.5 Å². The number of ether oxygens (including phenoxy) is 2. The fraction of sp³-hybridized carbons (Fsp3) is 0.333. The predicted octanol–water partition coefficient (Wildman–Crippen LogP) is 4.37. The fourth-order valence-electron chi connectivity index (χ4n) is 4.12. The summed E-state index contributed by atoms with van der Waals surface area (Å²) in [7, 11) is 0. The lowest BCUT2D eigenvalue weighted by atomic mass is 9.79. The molecule has 2 aromatic rings. The lowest BCUT2D eigenvalue weighted by Gasteiger charge is -2.55. The van der Waals surface area contributed by atoms with Crippen LogP contribution in [-0.4, -0.2) is 23.4 Å². The number of carbonyl (C=O) groups excluding carboxylic acids is 1. The van der Waals surface area contributed by atoms with Gasteiger partial charge in [0.15, 0.2) is 5.11 Å². The Morgan fingerprint density at radius 3 is 2.82 bits per heavy atom. The van der Waals surface area contributed by atoms with Crippen molar-refractivity contribution in [3.8, 4) is 5.75 Å². The number of aryl methyl sites for hydroxylation is 1. The molecule has 0 radical (unpaired) electrons. The minimum atomic E-state index is -1.05. The number of rotatable bonds is 3. The molecule has 2 bridgehead atoms. The number of para-hydroxylation sites is 1. The Kier molecular flexibility index (Phi) is 4.71. The lowest BCUT2D eigenvalue weighted by Crippen LogP contribution is -2.71. The van der Waals surface area contributed by atoms with Crippen LogP contribution in [0.15, 0.2) is 42.5 Å². The van der Waals surface area contributed by atoms with Crippen LogP contribution in [0.4, 0.5) is 5.69 Å². The second-order valence-electron chi connectivity index (χ2n) is 7.12. The number of fused-ring (bicyclic) bond motifs is 4. The highest BCUT2D eigenvalue weighted by Crippen LogP contribution is 2.50. The van der Waals surface area contributed by atoms with E-state index in [-0.39, 0.29) is 18.6 Å². The maximum atomic E-state index is 13.0. The van der Waals surface area contributed by atoms with Gasteiger partial charge in [-0.2, -0.15) is 0 Å². The number of esters is 1. The average Bonchev–Trinajstić information content (AvgIpc) is 2.63. The van der Waals surface area contributed by atoms with Crippen LogP contribution in [0.25, 0.3) is 0 Å².